The van der Waals surface area contributed by atoms with Crippen LogP contribution in [0.4, 0.5) is 5.82 Å². The Labute approximate surface area is 228 Å². The molecule has 0 bridgehead atoms. The molecule has 11 heteroatoms. The zero-order valence-electron chi connectivity index (χ0n) is 21.2. The molecule has 0 atom stereocenters. The second-order valence-corrected chi connectivity index (χ2v) is 11.4. The molecular weight excluding hydrogens is 524 g/mol. The maximum atomic E-state index is 13.8. The van der Waals surface area contributed by atoms with Crippen LogP contribution in [0.2, 0.25) is 5.02 Å². The number of carbonyl (C=O) groups is 2. The molecule has 5 heterocycles. The van der Waals surface area contributed by atoms with Gasteiger partial charge in [0.15, 0.2) is 5.65 Å². The quantitative estimate of drug-likeness (QED) is 0.409. The highest BCUT2D eigenvalue weighted by Gasteiger charge is 2.25. The topological polar surface area (TPSA) is 90.3 Å². The minimum atomic E-state index is -0.365. The number of hydrogen-bond acceptors (Lipinski definition) is 7. The smallest absolute Gasteiger partial charge is 0.258 e. The molecule has 4 aromatic rings. The van der Waals surface area contributed by atoms with Gasteiger partial charge in [0.25, 0.3) is 5.91 Å². The third-order valence-electron chi connectivity index (χ3n) is 7.52. The van der Waals surface area contributed by atoms with E-state index in [1.807, 2.05) is 27.5 Å². The van der Waals surface area contributed by atoms with Gasteiger partial charge < -0.3 is 20.0 Å². The van der Waals surface area contributed by atoms with Crippen molar-refractivity contribution in [2.45, 2.75) is 19.8 Å². The number of hydrogen-bond donors (Lipinski definition) is 1. The number of nitrogens with one attached hydrogen (secondary N) is 1. The summed E-state index contributed by atoms with van der Waals surface area (Å²) < 4.78 is 2.79. The summed E-state index contributed by atoms with van der Waals surface area (Å²) in [5.41, 5.74) is 1.17. The van der Waals surface area contributed by atoms with E-state index in [-0.39, 0.29) is 22.8 Å². The Bertz CT molecular complexity index is 1620. The van der Waals surface area contributed by atoms with Gasteiger partial charge in [0.05, 0.1) is 15.6 Å². The van der Waals surface area contributed by atoms with Crippen LogP contribution in [0.3, 0.4) is 0 Å². The van der Waals surface area contributed by atoms with E-state index in [1.54, 1.807) is 19.1 Å². The highest BCUT2D eigenvalue weighted by Crippen LogP contribution is 2.33. The van der Waals surface area contributed by atoms with Crippen LogP contribution in [-0.2, 0) is 4.79 Å². The minimum Gasteiger partial charge on any atom is -0.353 e. The molecule has 3 aromatic heterocycles. The Hall–Kier alpha value is -3.21. The molecule has 6 rings (SSSR count). The van der Waals surface area contributed by atoms with Gasteiger partial charge in [0.2, 0.25) is 11.3 Å². The molecular formula is C27H29ClN6O3S. The molecule has 38 heavy (non-hydrogen) atoms. The molecule has 9 nitrogen and oxygen atoms in total. The van der Waals surface area contributed by atoms with Gasteiger partial charge in [-0.15, -0.1) is 11.3 Å². The molecule has 0 unspecified atom stereocenters. The first-order chi connectivity index (χ1) is 18.4. The van der Waals surface area contributed by atoms with Crippen LogP contribution in [0.1, 0.15) is 30.1 Å². The molecule has 0 radical (unpaired) electrons. The van der Waals surface area contributed by atoms with E-state index in [2.05, 4.69) is 15.1 Å². The van der Waals surface area contributed by atoms with Gasteiger partial charge in [0, 0.05) is 51.2 Å². The van der Waals surface area contributed by atoms with E-state index < -0.39 is 0 Å². The number of pyridine rings is 2. The van der Waals surface area contributed by atoms with Crippen LogP contribution in [0, 0.1) is 0 Å². The van der Waals surface area contributed by atoms with Crippen LogP contribution < -0.4 is 15.6 Å². The first-order valence-corrected chi connectivity index (χ1v) is 14.2. The fraction of sp³-hybridized carbons (Fsp3) is 0.407. The van der Waals surface area contributed by atoms with Crippen molar-refractivity contribution in [3.05, 3.63) is 51.1 Å². The molecule has 1 N–H and O–H groups in total. The average Bonchev–Trinajstić information content (AvgIpc) is 3.56. The molecule has 0 spiro atoms. The summed E-state index contributed by atoms with van der Waals surface area (Å²) in [5.74, 6) is 0.444. The van der Waals surface area contributed by atoms with Crippen molar-refractivity contribution in [1.82, 2.24) is 24.5 Å². The third kappa shape index (κ3) is 4.50. The van der Waals surface area contributed by atoms with Crippen molar-refractivity contribution in [3.8, 4) is 0 Å². The Morgan fingerprint density at radius 1 is 1.05 bits per heavy atom. The predicted molar refractivity (Wildman–Crippen MR) is 152 cm³/mol. The minimum absolute atomic E-state index is 0.0685. The van der Waals surface area contributed by atoms with Gasteiger partial charge in [-0.1, -0.05) is 11.6 Å². The molecule has 2 aliphatic rings. The Morgan fingerprint density at radius 2 is 1.82 bits per heavy atom. The molecule has 0 aliphatic carbocycles. The summed E-state index contributed by atoms with van der Waals surface area (Å²) >= 11 is 7.66. The molecule has 2 saturated heterocycles. The number of nitrogens with zero attached hydrogens (tertiary/aromatic N) is 5. The molecule has 1 aromatic carbocycles. The Kier molecular flexibility index (Phi) is 6.71. The summed E-state index contributed by atoms with van der Waals surface area (Å²) in [6, 6.07) is 9.16. The van der Waals surface area contributed by atoms with E-state index in [9.17, 15) is 14.4 Å². The molecule has 198 valence electrons. The first kappa shape index (κ1) is 25.1. The van der Waals surface area contributed by atoms with E-state index in [0.29, 0.717) is 53.6 Å². The number of amides is 2. The summed E-state index contributed by atoms with van der Waals surface area (Å²) in [4.78, 5) is 50.7. The van der Waals surface area contributed by atoms with Gasteiger partial charge in [-0.05, 0) is 56.3 Å². The van der Waals surface area contributed by atoms with Gasteiger partial charge in [0.1, 0.15) is 16.2 Å². The Morgan fingerprint density at radius 3 is 2.55 bits per heavy atom. The number of thiazole rings is 1. The van der Waals surface area contributed by atoms with Gasteiger partial charge in [-0.25, -0.2) is 4.98 Å². The van der Waals surface area contributed by atoms with Crippen molar-refractivity contribution in [1.29, 1.82) is 0 Å². The van der Waals surface area contributed by atoms with E-state index in [1.165, 1.54) is 24.2 Å². The normalized spacial score (nSPS) is 16.7. The first-order valence-electron chi connectivity index (χ1n) is 13.0. The second kappa shape index (κ2) is 10.2. The highest BCUT2D eigenvalue weighted by atomic mass is 35.5. The predicted octanol–water partition coefficient (Wildman–Crippen LogP) is 3.21. The monoisotopic (exact) mass is 552 g/mol. The zero-order valence-corrected chi connectivity index (χ0v) is 22.8. The molecule has 2 amide bonds. The van der Waals surface area contributed by atoms with Crippen molar-refractivity contribution in [2.75, 3.05) is 57.3 Å². The highest BCUT2D eigenvalue weighted by molar-refractivity contribution is 7.24. The number of piperazine rings is 1. The van der Waals surface area contributed by atoms with E-state index in [0.717, 1.165) is 35.7 Å². The number of benzene rings is 1. The molecule has 2 aliphatic heterocycles. The zero-order chi connectivity index (χ0) is 26.4. The van der Waals surface area contributed by atoms with Crippen molar-refractivity contribution in [2.24, 2.45) is 0 Å². The third-order valence-corrected chi connectivity index (χ3v) is 8.88. The lowest BCUT2D eigenvalue weighted by Gasteiger charge is -2.35. The fourth-order valence-electron chi connectivity index (χ4n) is 5.45. The second-order valence-electron chi connectivity index (χ2n) is 9.90. The SMILES string of the molecule is CC(=O)N1CCN(c2ccc3c(=O)c(C(=O)NCCN4CCCC4)c4sc5cc(Cl)ccc5n4c3n2)CC1. The maximum absolute atomic E-state index is 13.8. The summed E-state index contributed by atoms with van der Waals surface area (Å²) in [6.45, 7) is 7.52. The number of likely N-dealkylation sites (tertiary alicyclic amines) is 1. The van der Waals surface area contributed by atoms with Gasteiger partial charge in [-0.2, -0.15) is 0 Å². The van der Waals surface area contributed by atoms with Crippen molar-refractivity contribution >= 4 is 66.7 Å². The Balaban J connectivity index is 1.43. The van der Waals surface area contributed by atoms with Crippen molar-refractivity contribution < 1.29 is 9.59 Å². The van der Waals surface area contributed by atoms with Crippen LogP contribution in [0.25, 0.3) is 26.1 Å². The van der Waals surface area contributed by atoms with Gasteiger partial charge in [-0.3, -0.25) is 18.8 Å². The van der Waals surface area contributed by atoms with Crippen molar-refractivity contribution in [3.63, 3.8) is 0 Å². The van der Waals surface area contributed by atoms with Crippen LogP contribution in [0.15, 0.2) is 35.1 Å². The fourth-order valence-corrected chi connectivity index (χ4v) is 6.91. The van der Waals surface area contributed by atoms with Crippen LogP contribution in [0.5, 0.6) is 0 Å². The van der Waals surface area contributed by atoms with E-state index in [4.69, 9.17) is 16.6 Å². The van der Waals surface area contributed by atoms with Crippen LogP contribution >= 0.6 is 22.9 Å². The van der Waals surface area contributed by atoms with E-state index >= 15 is 0 Å². The summed E-state index contributed by atoms with van der Waals surface area (Å²) in [6.07, 6.45) is 2.37. The number of halogens is 1. The lowest BCUT2D eigenvalue weighted by atomic mass is 10.1. The standard InChI is InChI=1S/C27H29ClN6O3S/c1-17(35)32-12-14-33(15-13-32)22-7-5-19-24(36)23(26(37)29-8-11-31-9-2-3-10-31)27-34(25(19)30-22)20-6-4-18(28)16-21(20)38-27/h4-7,16H,2-3,8-15H2,1H3,(H,29,37). The summed E-state index contributed by atoms with van der Waals surface area (Å²) in [7, 11) is 0. The number of carbonyl (C=O) groups excluding carboxylic acids is 2. The number of fused-ring (bicyclic) bond motifs is 5. The lowest BCUT2D eigenvalue weighted by molar-refractivity contribution is -0.129. The average molecular weight is 553 g/mol. The summed E-state index contributed by atoms with van der Waals surface area (Å²) in [5, 5.41) is 3.97. The maximum Gasteiger partial charge on any atom is 0.258 e. The number of anilines is 1. The lowest BCUT2D eigenvalue weighted by Crippen LogP contribution is -2.48. The number of rotatable bonds is 5. The molecule has 0 saturated carbocycles. The number of aromatic nitrogens is 2. The van der Waals surface area contributed by atoms with Crippen LogP contribution in [-0.4, -0.2) is 83.4 Å². The largest absolute Gasteiger partial charge is 0.353 e. The molecule has 2 fully saturated rings. The van der Waals surface area contributed by atoms with Gasteiger partial charge >= 0.3 is 0 Å².